The van der Waals surface area contributed by atoms with E-state index in [1.807, 2.05) is 78.9 Å². The maximum absolute atomic E-state index is 15.6. The van der Waals surface area contributed by atoms with E-state index >= 15 is 4.39 Å². The average Bonchev–Trinajstić information content (AvgIpc) is 3.77. The molecular formula is C45H44FN5O6. The van der Waals surface area contributed by atoms with Gasteiger partial charge in [0.1, 0.15) is 36.3 Å². The third kappa shape index (κ3) is 7.33. The van der Waals surface area contributed by atoms with Crippen LogP contribution in [0.1, 0.15) is 31.2 Å². The lowest BCUT2D eigenvalue weighted by molar-refractivity contribution is 0.114. The van der Waals surface area contributed by atoms with Gasteiger partial charge in [0.25, 0.3) is 0 Å². The van der Waals surface area contributed by atoms with Crippen molar-refractivity contribution in [3.63, 3.8) is 0 Å². The van der Waals surface area contributed by atoms with Gasteiger partial charge in [0.2, 0.25) is 0 Å². The number of likely N-dealkylation sites (tertiary alicyclic amines) is 1. The van der Waals surface area contributed by atoms with E-state index in [1.165, 1.54) is 19.2 Å². The highest BCUT2D eigenvalue weighted by Gasteiger charge is 2.43. The number of ether oxygens (including phenoxy) is 4. The monoisotopic (exact) mass is 769 g/mol. The zero-order valence-electron chi connectivity index (χ0n) is 31.9. The molecule has 3 atom stereocenters. The van der Waals surface area contributed by atoms with Crippen molar-refractivity contribution in [3.05, 3.63) is 108 Å². The minimum Gasteiger partial charge on any atom is -0.497 e. The maximum atomic E-state index is 15.6. The molecule has 4 heterocycles. The number of halogens is 1. The fourth-order valence-electron chi connectivity index (χ4n) is 8.61. The molecule has 57 heavy (non-hydrogen) atoms. The van der Waals surface area contributed by atoms with Crippen LogP contribution in [0.15, 0.2) is 97.1 Å². The van der Waals surface area contributed by atoms with Crippen LogP contribution >= 0.6 is 0 Å². The third-order valence-electron chi connectivity index (χ3n) is 11.6. The van der Waals surface area contributed by atoms with Crippen molar-refractivity contribution in [1.82, 2.24) is 19.8 Å². The molecule has 0 saturated carbocycles. The molecule has 3 saturated heterocycles. The summed E-state index contributed by atoms with van der Waals surface area (Å²) in [7, 11) is 3.63. The number of aromatic nitrogens is 2. The molecule has 0 radical (unpaired) electrons. The van der Waals surface area contributed by atoms with Crippen LogP contribution in [0.5, 0.6) is 29.0 Å². The highest BCUT2D eigenvalue weighted by molar-refractivity contribution is 6.03. The molecule has 5 aromatic carbocycles. The number of carboxylic acid groups (broad SMARTS) is 1. The Bertz CT molecular complexity index is 2440. The molecule has 3 aliphatic heterocycles. The number of amides is 1. The van der Waals surface area contributed by atoms with Crippen molar-refractivity contribution in [2.45, 2.75) is 50.4 Å². The quantitative estimate of drug-likeness (QED) is 0.137. The predicted molar refractivity (Wildman–Crippen MR) is 216 cm³/mol. The van der Waals surface area contributed by atoms with E-state index in [9.17, 15) is 9.90 Å². The maximum Gasteiger partial charge on any atom is 0.407 e. The van der Waals surface area contributed by atoms with E-state index in [1.54, 1.807) is 11.0 Å². The Morgan fingerprint density at radius 1 is 0.825 bits per heavy atom. The lowest BCUT2D eigenvalue weighted by Gasteiger charge is -2.40. The molecule has 11 nitrogen and oxygen atoms in total. The Hall–Kier alpha value is -6.14. The van der Waals surface area contributed by atoms with Gasteiger partial charge in [0.05, 0.1) is 24.7 Å². The minimum atomic E-state index is -0.901. The smallest absolute Gasteiger partial charge is 0.407 e. The van der Waals surface area contributed by atoms with E-state index in [0.29, 0.717) is 65.8 Å². The molecule has 292 valence electrons. The first kappa shape index (κ1) is 36.5. The Morgan fingerprint density at radius 3 is 2.37 bits per heavy atom. The van der Waals surface area contributed by atoms with Gasteiger partial charge in [-0.2, -0.15) is 9.97 Å². The molecule has 3 aliphatic rings. The van der Waals surface area contributed by atoms with Crippen LogP contribution in [0, 0.1) is 5.82 Å². The molecule has 1 aromatic heterocycles. The summed E-state index contributed by atoms with van der Waals surface area (Å²) in [5, 5.41) is 12.6. The summed E-state index contributed by atoms with van der Waals surface area (Å²) in [6.45, 7) is 2.76. The van der Waals surface area contributed by atoms with E-state index in [0.717, 1.165) is 54.1 Å². The Kier molecular flexibility index (Phi) is 9.87. The Balaban J connectivity index is 1.22. The summed E-state index contributed by atoms with van der Waals surface area (Å²) < 4.78 is 40.4. The number of piperazine rings is 1. The fraction of sp³-hybridized carbons (Fsp3) is 0.311. The largest absolute Gasteiger partial charge is 0.497 e. The van der Waals surface area contributed by atoms with Crippen molar-refractivity contribution < 1.29 is 33.2 Å². The highest BCUT2D eigenvalue weighted by atomic mass is 19.1. The normalized spacial score (nSPS) is 19.3. The second kappa shape index (κ2) is 15.4. The predicted octanol–water partition coefficient (Wildman–Crippen LogP) is 8.77. The van der Waals surface area contributed by atoms with Gasteiger partial charge >= 0.3 is 12.1 Å². The summed E-state index contributed by atoms with van der Waals surface area (Å²) >= 11 is 0. The van der Waals surface area contributed by atoms with Crippen LogP contribution in [-0.4, -0.2) is 89.5 Å². The second-order valence-electron chi connectivity index (χ2n) is 15.1. The SMILES string of the molecule is COc1ccc(F)c(Oc2cc3c(N4C[C@H]5CC[C@@H](C4)N5C(=O)O)nc(OC[C@@H]4CCCN4C)nc3cc2-c2cc(OCc3ccccc3)cc3ccccc23)c1. The number of benzene rings is 5. The van der Waals surface area contributed by atoms with Gasteiger partial charge in [-0.15, -0.1) is 0 Å². The molecule has 2 bridgehead atoms. The van der Waals surface area contributed by atoms with Gasteiger partial charge in [0.15, 0.2) is 11.6 Å². The Labute approximate surface area is 330 Å². The molecule has 3 fully saturated rings. The van der Waals surface area contributed by atoms with E-state index < -0.39 is 11.9 Å². The summed E-state index contributed by atoms with van der Waals surface area (Å²) in [4.78, 5) is 28.3. The van der Waals surface area contributed by atoms with Crippen molar-refractivity contribution in [1.29, 1.82) is 0 Å². The first-order chi connectivity index (χ1) is 27.8. The molecule has 0 unspecified atom stereocenters. The van der Waals surface area contributed by atoms with Crippen LogP contribution in [0.3, 0.4) is 0 Å². The van der Waals surface area contributed by atoms with Gasteiger partial charge in [-0.25, -0.2) is 9.18 Å². The number of carbonyl (C=O) groups is 1. The molecule has 6 aromatic rings. The van der Waals surface area contributed by atoms with Gasteiger partial charge < -0.3 is 33.9 Å². The number of hydrogen-bond acceptors (Lipinski definition) is 9. The van der Waals surface area contributed by atoms with Crippen LogP contribution in [0.25, 0.3) is 32.8 Å². The van der Waals surface area contributed by atoms with Gasteiger partial charge in [-0.05, 0) is 97.6 Å². The number of rotatable bonds is 11. The molecule has 1 amide bonds. The van der Waals surface area contributed by atoms with E-state index in [-0.39, 0.29) is 29.9 Å². The average molecular weight is 770 g/mol. The molecular weight excluding hydrogens is 726 g/mol. The first-order valence-corrected chi connectivity index (χ1v) is 19.5. The van der Waals surface area contributed by atoms with E-state index in [4.69, 9.17) is 28.9 Å². The molecule has 1 N–H and O–H groups in total. The number of likely N-dealkylation sites (N-methyl/N-ethyl adjacent to an activating group) is 1. The lowest BCUT2D eigenvalue weighted by atomic mass is 9.95. The van der Waals surface area contributed by atoms with Gasteiger partial charge in [-0.1, -0.05) is 54.6 Å². The topological polar surface area (TPSA) is 110 Å². The minimum absolute atomic E-state index is 0.00744. The summed E-state index contributed by atoms with van der Waals surface area (Å²) in [6, 6.07) is 30.4. The summed E-state index contributed by atoms with van der Waals surface area (Å²) in [5.41, 5.74) is 3.11. The summed E-state index contributed by atoms with van der Waals surface area (Å²) in [5.74, 6) is 1.53. The second-order valence-corrected chi connectivity index (χ2v) is 15.1. The van der Waals surface area contributed by atoms with E-state index in [2.05, 4.69) is 16.8 Å². The van der Waals surface area contributed by atoms with Crippen LogP contribution in [0.4, 0.5) is 15.0 Å². The van der Waals surface area contributed by atoms with Crippen molar-refractivity contribution >= 4 is 33.6 Å². The number of methoxy groups -OCH3 is 1. The van der Waals surface area contributed by atoms with Crippen LogP contribution < -0.4 is 23.8 Å². The van der Waals surface area contributed by atoms with Gasteiger partial charge in [-0.3, -0.25) is 4.90 Å². The summed E-state index contributed by atoms with van der Waals surface area (Å²) in [6.07, 6.45) is 2.78. The molecule has 9 rings (SSSR count). The standard InChI is InChI=1S/C45H44FN5O6/c1-49-18-8-12-32(49)27-56-44-47-40-22-37(36-20-34(19-29-11-6-7-13-35(29)36)55-26-28-9-4-3-5-10-28)41(57-42-21-33(54-2)16-17-39(42)46)23-38(40)43(48-44)50-24-30-14-15-31(25-50)51(30)45(52)53/h3-7,9-11,13,16-17,19-23,30-32H,8,12,14-15,18,24-27H2,1-2H3,(H,52,53)/t30-,31+,32-/m0/s1. The van der Waals surface area contributed by atoms with Crippen LogP contribution in [0.2, 0.25) is 0 Å². The molecule has 0 spiro atoms. The highest BCUT2D eigenvalue weighted by Crippen LogP contribution is 2.45. The number of hydrogen-bond donors (Lipinski definition) is 1. The van der Waals surface area contributed by atoms with Crippen molar-refractivity contribution in [2.75, 3.05) is 45.3 Å². The number of fused-ring (bicyclic) bond motifs is 4. The van der Waals surface area contributed by atoms with Gasteiger partial charge in [0, 0.05) is 36.1 Å². The fourth-order valence-corrected chi connectivity index (χ4v) is 8.61. The first-order valence-electron chi connectivity index (χ1n) is 19.5. The third-order valence-corrected chi connectivity index (χ3v) is 11.6. The van der Waals surface area contributed by atoms with Crippen LogP contribution in [-0.2, 0) is 6.61 Å². The zero-order valence-corrected chi connectivity index (χ0v) is 31.9. The Morgan fingerprint density at radius 2 is 1.61 bits per heavy atom. The van der Waals surface area contributed by atoms with Crippen molar-refractivity contribution in [3.8, 4) is 40.1 Å². The van der Waals surface area contributed by atoms with Crippen molar-refractivity contribution in [2.24, 2.45) is 0 Å². The molecule has 12 heteroatoms. The molecule has 0 aliphatic carbocycles. The number of nitrogens with zero attached hydrogens (tertiary/aromatic N) is 5. The lowest BCUT2D eigenvalue weighted by Crippen LogP contribution is -2.55. The number of anilines is 1. The zero-order chi connectivity index (χ0) is 39.0.